The highest BCUT2D eigenvalue weighted by atomic mass is 16.1. The Balaban J connectivity index is 1.85. The lowest BCUT2D eigenvalue weighted by Gasteiger charge is -2.12. The van der Waals surface area contributed by atoms with E-state index in [4.69, 9.17) is 4.98 Å². The lowest BCUT2D eigenvalue weighted by atomic mass is 10.0. The van der Waals surface area contributed by atoms with Crippen LogP contribution in [0.5, 0.6) is 0 Å². The Morgan fingerprint density at radius 3 is 2.48 bits per heavy atom. The summed E-state index contributed by atoms with van der Waals surface area (Å²) in [6.45, 7) is 4.37. The highest BCUT2D eigenvalue weighted by molar-refractivity contribution is 6.14. The van der Waals surface area contributed by atoms with Gasteiger partial charge in [0, 0.05) is 5.56 Å². The standard InChI is InChI=1S/C23H19N3O/c1-14(2)15-10-12-16(13-11-15)22-24-19-8-5-6-17-21(19)26(22)20-9-4-3-7-18(20)25-23(17)27/h3-14H,1-2H3,(H,25,27). The molecule has 0 spiro atoms. The number of carbonyl (C=O) groups is 1. The Bertz CT molecular complexity index is 1190. The number of hydrogen-bond acceptors (Lipinski definition) is 2. The third-order valence-electron chi connectivity index (χ3n) is 5.15. The number of benzene rings is 3. The molecule has 0 aliphatic carbocycles. The number of fused-ring (bicyclic) bond motifs is 2. The maximum absolute atomic E-state index is 12.8. The highest BCUT2D eigenvalue weighted by Gasteiger charge is 2.25. The van der Waals surface area contributed by atoms with Crippen LogP contribution < -0.4 is 5.32 Å². The fourth-order valence-electron chi connectivity index (χ4n) is 3.72. The molecule has 132 valence electrons. The van der Waals surface area contributed by atoms with Gasteiger partial charge in [-0.2, -0.15) is 0 Å². The number of nitrogens with one attached hydrogen (secondary N) is 1. The number of nitrogens with zero attached hydrogens (tertiary/aromatic N) is 2. The van der Waals surface area contributed by atoms with E-state index in [1.54, 1.807) is 0 Å². The summed E-state index contributed by atoms with van der Waals surface area (Å²) in [5, 5.41) is 3.03. The summed E-state index contributed by atoms with van der Waals surface area (Å²) in [5.74, 6) is 1.22. The second kappa shape index (κ2) is 5.81. The van der Waals surface area contributed by atoms with Gasteiger partial charge in [0.25, 0.3) is 5.91 Å². The van der Waals surface area contributed by atoms with Crippen molar-refractivity contribution in [2.45, 2.75) is 19.8 Å². The van der Waals surface area contributed by atoms with Gasteiger partial charge in [0.1, 0.15) is 5.82 Å². The van der Waals surface area contributed by atoms with Gasteiger partial charge in [0.15, 0.2) is 0 Å². The molecule has 1 amide bonds. The highest BCUT2D eigenvalue weighted by Crippen LogP contribution is 2.36. The first-order valence-electron chi connectivity index (χ1n) is 9.16. The van der Waals surface area contributed by atoms with Crippen molar-refractivity contribution in [1.29, 1.82) is 0 Å². The molecule has 2 heterocycles. The van der Waals surface area contributed by atoms with Crippen molar-refractivity contribution in [3.8, 4) is 17.1 Å². The van der Waals surface area contributed by atoms with Gasteiger partial charge < -0.3 is 5.32 Å². The monoisotopic (exact) mass is 353 g/mol. The zero-order chi connectivity index (χ0) is 18.5. The van der Waals surface area contributed by atoms with Crippen LogP contribution >= 0.6 is 0 Å². The van der Waals surface area contributed by atoms with Gasteiger partial charge in [0.2, 0.25) is 0 Å². The fourth-order valence-corrected chi connectivity index (χ4v) is 3.72. The molecule has 0 radical (unpaired) electrons. The summed E-state index contributed by atoms with van der Waals surface area (Å²) in [6, 6.07) is 22.1. The summed E-state index contributed by atoms with van der Waals surface area (Å²) in [6.07, 6.45) is 0. The van der Waals surface area contributed by atoms with E-state index in [1.807, 2.05) is 42.5 Å². The van der Waals surface area contributed by atoms with Crippen molar-refractivity contribution in [2.24, 2.45) is 0 Å². The van der Waals surface area contributed by atoms with Crippen LogP contribution in [0.2, 0.25) is 0 Å². The minimum absolute atomic E-state index is 0.103. The van der Waals surface area contributed by atoms with Crippen LogP contribution in [0.25, 0.3) is 28.1 Å². The maximum Gasteiger partial charge on any atom is 0.257 e. The van der Waals surface area contributed by atoms with E-state index in [0.29, 0.717) is 11.5 Å². The van der Waals surface area contributed by atoms with Crippen LogP contribution in [0, 0.1) is 0 Å². The molecular formula is C23H19N3O. The zero-order valence-electron chi connectivity index (χ0n) is 15.2. The predicted octanol–water partition coefficient (Wildman–Crippen LogP) is 5.38. The van der Waals surface area contributed by atoms with Crippen molar-refractivity contribution in [3.05, 3.63) is 77.9 Å². The van der Waals surface area contributed by atoms with Gasteiger partial charge >= 0.3 is 0 Å². The van der Waals surface area contributed by atoms with Crippen LogP contribution in [0.15, 0.2) is 66.7 Å². The molecule has 1 aliphatic heterocycles. The van der Waals surface area contributed by atoms with Crippen LogP contribution in [0.1, 0.15) is 35.7 Å². The molecule has 3 aromatic carbocycles. The van der Waals surface area contributed by atoms with E-state index >= 15 is 0 Å². The first kappa shape index (κ1) is 15.8. The normalized spacial score (nSPS) is 12.8. The molecule has 1 aromatic heterocycles. The summed E-state index contributed by atoms with van der Waals surface area (Å²) < 4.78 is 2.10. The quantitative estimate of drug-likeness (QED) is 0.526. The van der Waals surface area contributed by atoms with Crippen molar-refractivity contribution in [1.82, 2.24) is 9.55 Å². The molecule has 5 rings (SSSR count). The number of anilines is 1. The molecule has 1 aliphatic rings. The molecule has 0 atom stereocenters. The van der Waals surface area contributed by atoms with Crippen LogP contribution in [0.4, 0.5) is 5.69 Å². The van der Waals surface area contributed by atoms with Gasteiger partial charge in [-0.3, -0.25) is 9.36 Å². The van der Waals surface area contributed by atoms with E-state index in [0.717, 1.165) is 33.8 Å². The topological polar surface area (TPSA) is 46.9 Å². The number of carbonyl (C=O) groups excluding carboxylic acids is 1. The number of imidazole rings is 1. The summed E-state index contributed by atoms with van der Waals surface area (Å²) in [7, 11) is 0. The Morgan fingerprint density at radius 2 is 1.70 bits per heavy atom. The van der Waals surface area contributed by atoms with Crippen molar-refractivity contribution < 1.29 is 4.79 Å². The summed E-state index contributed by atoms with van der Waals surface area (Å²) in [5.41, 5.74) is 6.36. The molecule has 0 unspecified atom stereocenters. The fraction of sp³-hybridized carbons (Fsp3) is 0.130. The average molecular weight is 353 g/mol. The lowest BCUT2D eigenvalue weighted by molar-refractivity contribution is 0.102. The lowest BCUT2D eigenvalue weighted by Crippen LogP contribution is -2.10. The minimum Gasteiger partial charge on any atom is -0.320 e. The van der Waals surface area contributed by atoms with Crippen molar-refractivity contribution >= 4 is 22.6 Å². The third kappa shape index (κ3) is 2.37. The van der Waals surface area contributed by atoms with Gasteiger partial charge in [-0.05, 0) is 35.7 Å². The van der Waals surface area contributed by atoms with E-state index in [9.17, 15) is 4.79 Å². The van der Waals surface area contributed by atoms with Crippen LogP contribution in [0.3, 0.4) is 0 Å². The van der Waals surface area contributed by atoms with Gasteiger partial charge in [0.05, 0.1) is 28.0 Å². The molecule has 4 nitrogen and oxygen atoms in total. The smallest absolute Gasteiger partial charge is 0.257 e. The Labute approximate surface area is 157 Å². The molecule has 0 saturated carbocycles. The molecule has 1 N–H and O–H groups in total. The molecule has 0 saturated heterocycles. The molecule has 0 bridgehead atoms. The molecule has 0 fully saturated rings. The van der Waals surface area contributed by atoms with Gasteiger partial charge in [-0.15, -0.1) is 0 Å². The number of amides is 1. The number of para-hydroxylation sites is 3. The third-order valence-corrected chi connectivity index (χ3v) is 5.15. The zero-order valence-corrected chi connectivity index (χ0v) is 15.2. The second-order valence-electron chi connectivity index (χ2n) is 7.19. The Kier molecular flexibility index (Phi) is 3.41. The number of hydrogen-bond donors (Lipinski definition) is 1. The molecular weight excluding hydrogens is 334 g/mol. The maximum atomic E-state index is 12.8. The number of rotatable bonds is 2. The molecule has 4 heteroatoms. The van der Waals surface area contributed by atoms with Crippen LogP contribution in [-0.2, 0) is 0 Å². The van der Waals surface area contributed by atoms with E-state index in [-0.39, 0.29) is 5.91 Å². The molecule has 4 aromatic rings. The van der Waals surface area contributed by atoms with Crippen LogP contribution in [-0.4, -0.2) is 15.5 Å². The predicted molar refractivity (Wildman–Crippen MR) is 109 cm³/mol. The minimum atomic E-state index is -0.103. The average Bonchev–Trinajstić information content (AvgIpc) is 3.02. The van der Waals surface area contributed by atoms with E-state index < -0.39 is 0 Å². The summed E-state index contributed by atoms with van der Waals surface area (Å²) in [4.78, 5) is 17.7. The second-order valence-corrected chi connectivity index (χ2v) is 7.19. The van der Waals surface area contributed by atoms with E-state index in [2.05, 4.69) is 48.0 Å². The van der Waals surface area contributed by atoms with E-state index in [1.165, 1.54) is 5.56 Å². The van der Waals surface area contributed by atoms with Crippen molar-refractivity contribution in [2.75, 3.05) is 5.32 Å². The largest absolute Gasteiger partial charge is 0.320 e. The summed E-state index contributed by atoms with van der Waals surface area (Å²) >= 11 is 0. The first-order chi connectivity index (χ1) is 13.1. The van der Waals surface area contributed by atoms with Gasteiger partial charge in [-0.25, -0.2) is 4.98 Å². The van der Waals surface area contributed by atoms with Crippen molar-refractivity contribution in [3.63, 3.8) is 0 Å². The van der Waals surface area contributed by atoms with Gasteiger partial charge in [-0.1, -0.05) is 56.3 Å². The Hall–Kier alpha value is -3.40. The molecule has 27 heavy (non-hydrogen) atoms. The Morgan fingerprint density at radius 1 is 0.926 bits per heavy atom. The first-order valence-corrected chi connectivity index (χ1v) is 9.16. The SMILES string of the molecule is CC(C)c1ccc(-c2nc3cccc4c3n2-c2ccccc2NC4=O)cc1. The number of aromatic nitrogens is 2.